The molecule has 0 fully saturated rings. The van der Waals surface area contributed by atoms with Gasteiger partial charge in [-0.2, -0.15) is 0 Å². The van der Waals surface area contributed by atoms with Crippen molar-refractivity contribution in [1.29, 1.82) is 0 Å². The van der Waals surface area contributed by atoms with Gasteiger partial charge in [0.25, 0.3) is 0 Å². The molecule has 2 heterocycles. The van der Waals surface area contributed by atoms with Gasteiger partial charge in [-0.15, -0.1) is 5.10 Å². The SMILES string of the molecule is CCn1nnc2c(Nc3ccc(N(C)C)cc3)ncnc21. The molecule has 0 unspecified atom stereocenters. The average Bonchev–Trinajstić information content (AvgIpc) is 2.92. The molecule has 3 rings (SSSR count). The predicted octanol–water partition coefficient (Wildman–Crippen LogP) is 2.05. The first-order chi connectivity index (χ1) is 10.2. The molecule has 0 atom stereocenters. The van der Waals surface area contributed by atoms with Crippen molar-refractivity contribution in [2.75, 3.05) is 24.3 Å². The highest BCUT2D eigenvalue weighted by molar-refractivity contribution is 5.84. The largest absolute Gasteiger partial charge is 0.378 e. The Morgan fingerprint density at radius 3 is 2.57 bits per heavy atom. The molecule has 0 radical (unpaired) electrons. The van der Waals surface area contributed by atoms with Crippen LogP contribution in [0.1, 0.15) is 6.92 Å². The summed E-state index contributed by atoms with van der Waals surface area (Å²) in [6.07, 6.45) is 1.52. The molecular weight excluding hydrogens is 266 g/mol. The molecule has 3 aromatic rings. The summed E-state index contributed by atoms with van der Waals surface area (Å²) in [4.78, 5) is 10.5. The Labute approximate surface area is 122 Å². The Morgan fingerprint density at radius 1 is 1.14 bits per heavy atom. The van der Waals surface area contributed by atoms with Crippen LogP contribution in [0.5, 0.6) is 0 Å². The third-order valence-electron chi connectivity index (χ3n) is 3.25. The van der Waals surface area contributed by atoms with Gasteiger partial charge in [-0.25, -0.2) is 14.6 Å². The predicted molar refractivity (Wildman–Crippen MR) is 82.8 cm³/mol. The van der Waals surface area contributed by atoms with E-state index in [4.69, 9.17) is 0 Å². The zero-order valence-electron chi connectivity index (χ0n) is 12.3. The molecule has 21 heavy (non-hydrogen) atoms. The molecule has 7 nitrogen and oxygen atoms in total. The van der Waals surface area contributed by atoms with Crippen LogP contribution in [-0.2, 0) is 6.54 Å². The second kappa shape index (κ2) is 5.35. The molecule has 0 aliphatic heterocycles. The van der Waals surface area contributed by atoms with Gasteiger partial charge >= 0.3 is 0 Å². The highest BCUT2D eigenvalue weighted by Crippen LogP contribution is 2.22. The van der Waals surface area contributed by atoms with Crippen molar-refractivity contribution in [3.63, 3.8) is 0 Å². The molecule has 0 spiro atoms. The Hall–Kier alpha value is -2.70. The van der Waals surface area contributed by atoms with Crippen LogP contribution in [0, 0.1) is 0 Å². The molecule has 1 N–H and O–H groups in total. The lowest BCUT2D eigenvalue weighted by Gasteiger charge is -2.13. The number of nitrogens with zero attached hydrogens (tertiary/aromatic N) is 6. The molecule has 2 aromatic heterocycles. The number of fused-ring (bicyclic) bond motifs is 1. The molecule has 0 aliphatic rings. The van der Waals surface area contributed by atoms with Crippen molar-refractivity contribution in [1.82, 2.24) is 25.0 Å². The van der Waals surface area contributed by atoms with E-state index in [-0.39, 0.29) is 0 Å². The Morgan fingerprint density at radius 2 is 1.90 bits per heavy atom. The minimum absolute atomic E-state index is 0.664. The molecule has 0 aliphatic carbocycles. The molecule has 7 heteroatoms. The summed E-state index contributed by atoms with van der Waals surface area (Å²) < 4.78 is 1.75. The maximum Gasteiger partial charge on any atom is 0.183 e. The van der Waals surface area contributed by atoms with Crippen molar-refractivity contribution < 1.29 is 0 Å². The van der Waals surface area contributed by atoms with Crippen molar-refractivity contribution in [2.45, 2.75) is 13.5 Å². The maximum absolute atomic E-state index is 4.26. The molecular formula is C14H17N7. The Bertz CT molecular complexity index is 746. The third-order valence-corrected chi connectivity index (χ3v) is 3.25. The molecule has 0 saturated heterocycles. The fourth-order valence-electron chi connectivity index (χ4n) is 2.08. The van der Waals surface area contributed by atoms with Crippen LogP contribution in [0.15, 0.2) is 30.6 Å². The summed E-state index contributed by atoms with van der Waals surface area (Å²) >= 11 is 0. The lowest BCUT2D eigenvalue weighted by atomic mass is 10.2. The van der Waals surface area contributed by atoms with Crippen molar-refractivity contribution in [2.24, 2.45) is 0 Å². The fraction of sp³-hybridized carbons (Fsp3) is 0.286. The van der Waals surface area contributed by atoms with E-state index in [1.807, 2.05) is 45.3 Å². The van der Waals surface area contributed by atoms with Gasteiger partial charge in [-0.1, -0.05) is 5.21 Å². The Kier molecular flexibility index (Phi) is 3.39. The third kappa shape index (κ3) is 2.49. The van der Waals surface area contributed by atoms with Crippen LogP contribution >= 0.6 is 0 Å². The van der Waals surface area contributed by atoms with Crippen LogP contribution in [0.25, 0.3) is 11.2 Å². The minimum atomic E-state index is 0.664. The second-order valence-electron chi connectivity index (χ2n) is 4.87. The van der Waals surface area contributed by atoms with Crippen molar-refractivity contribution in [3.8, 4) is 0 Å². The van der Waals surface area contributed by atoms with Gasteiger partial charge in [0.05, 0.1) is 0 Å². The van der Waals surface area contributed by atoms with Crippen LogP contribution in [0.2, 0.25) is 0 Å². The number of benzene rings is 1. The van der Waals surface area contributed by atoms with E-state index in [1.54, 1.807) is 4.68 Å². The first-order valence-corrected chi connectivity index (χ1v) is 6.77. The number of rotatable bonds is 4. The van der Waals surface area contributed by atoms with Gasteiger partial charge in [-0.05, 0) is 31.2 Å². The molecule has 0 saturated carbocycles. The molecule has 108 valence electrons. The van der Waals surface area contributed by atoms with Gasteiger partial charge in [0.15, 0.2) is 17.0 Å². The van der Waals surface area contributed by atoms with E-state index in [1.165, 1.54) is 6.33 Å². The van der Waals surface area contributed by atoms with Gasteiger partial charge in [0, 0.05) is 32.0 Å². The molecule has 0 bridgehead atoms. The van der Waals surface area contributed by atoms with E-state index in [0.717, 1.165) is 23.6 Å². The zero-order chi connectivity index (χ0) is 14.8. The summed E-state index contributed by atoms with van der Waals surface area (Å²) in [6, 6.07) is 8.11. The highest BCUT2D eigenvalue weighted by atomic mass is 15.4. The van der Waals surface area contributed by atoms with Crippen LogP contribution < -0.4 is 10.2 Å². The first kappa shape index (κ1) is 13.3. The topological polar surface area (TPSA) is 71.8 Å². The summed E-state index contributed by atoms with van der Waals surface area (Å²) in [6.45, 7) is 2.73. The van der Waals surface area contributed by atoms with Gasteiger partial charge < -0.3 is 10.2 Å². The highest BCUT2D eigenvalue weighted by Gasteiger charge is 2.10. The fourth-order valence-corrected chi connectivity index (χ4v) is 2.08. The molecule has 0 amide bonds. The monoisotopic (exact) mass is 283 g/mol. The van der Waals surface area contributed by atoms with Crippen molar-refractivity contribution >= 4 is 28.4 Å². The standard InChI is InChI=1S/C14H17N7/c1-4-21-14-12(18-19-21)13(15-9-16-14)17-10-5-7-11(8-6-10)20(2)3/h5-9H,4H2,1-3H3,(H,15,16,17). The Balaban J connectivity index is 1.92. The van der Waals surface area contributed by atoms with E-state index in [2.05, 4.69) is 30.5 Å². The summed E-state index contributed by atoms with van der Waals surface area (Å²) in [5.41, 5.74) is 3.51. The number of anilines is 3. The number of hydrogen-bond acceptors (Lipinski definition) is 6. The van der Waals surface area contributed by atoms with Gasteiger partial charge in [0.2, 0.25) is 0 Å². The van der Waals surface area contributed by atoms with E-state index in [0.29, 0.717) is 11.3 Å². The minimum Gasteiger partial charge on any atom is -0.378 e. The lowest BCUT2D eigenvalue weighted by Crippen LogP contribution is -2.08. The second-order valence-corrected chi connectivity index (χ2v) is 4.87. The van der Waals surface area contributed by atoms with Crippen LogP contribution in [-0.4, -0.2) is 39.1 Å². The number of aromatic nitrogens is 5. The average molecular weight is 283 g/mol. The van der Waals surface area contributed by atoms with Gasteiger partial charge in [0.1, 0.15) is 6.33 Å². The van der Waals surface area contributed by atoms with Crippen LogP contribution in [0.3, 0.4) is 0 Å². The van der Waals surface area contributed by atoms with E-state index >= 15 is 0 Å². The van der Waals surface area contributed by atoms with E-state index in [9.17, 15) is 0 Å². The molecule has 1 aromatic carbocycles. The number of nitrogens with one attached hydrogen (secondary N) is 1. The number of aryl methyl sites for hydroxylation is 1. The number of hydrogen-bond donors (Lipinski definition) is 1. The first-order valence-electron chi connectivity index (χ1n) is 6.77. The summed E-state index contributed by atoms with van der Waals surface area (Å²) in [5, 5.41) is 11.5. The summed E-state index contributed by atoms with van der Waals surface area (Å²) in [5.74, 6) is 0.664. The quantitative estimate of drug-likeness (QED) is 0.790. The smallest absolute Gasteiger partial charge is 0.183 e. The normalized spacial score (nSPS) is 10.8. The zero-order valence-corrected chi connectivity index (χ0v) is 12.3. The lowest BCUT2D eigenvalue weighted by molar-refractivity contribution is 0.641. The maximum atomic E-state index is 4.26. The van der Waals surface area contributed by atoms with Gasteiger partial charge in [-0.3, -0.25) is 0 Å². The van der Waals surface area contributed by atoms with E-state index < -0.39 is 0 Å². The van der Waals surface area contributed by atoms with Crippen molar-refractivity contribution in [3.05, 3.63) is 30.6 Å². The summed E-state index contributed by atoms with van der Waals surface area (Å²) in [7, 11) is 4.03. The van der Waals surface area contributed by atoms with Crippen LogP contribution in [0.4, 0.5) is 17.2 Å².